The zero-order chi connectivity index (χ0) is 23.6. The lowest BCUT2D eigenvalue weighted by Gasteiger charge is -2.37. The molecular weight excluding hydrogens is 412 g/mol. The zero-order valence-electron chi connectivity index (χ0n) is 19.4. The number of carbonyl (C=O) groups is 3. The zero-order valence-corrected chi connectivity index (χ0v) is 19.4. The molecule has 0 aromatic heterocycles. The highest BCUT2D eigenvalue weighted by Gasteiger charge is 2.27. The number of urea groups is 1. The van der Waals surface area contributed by atoms with Crippen LogP contribution in [-0.2, 0) is 14.3 Å². The number of ether oxygens (including phenoxy) is 2. The van der Waals surface area contributed by atoms with Crippen molar-refractivity contribution >= 4 is 23.9 Å². The average Bonchev–Trinajstić information content (AvgIpc) is 2.75. The second-order valence-corrected chi connectivity index (χ2v) is 8.40. The summed E-state index contributed by atoms with van der Waals surface area (Å²) in [6, 6.07) is 9.00. The molecule has 176 valence electrons. The van der Waals surface area contributed by atoms with E-state index < -0.39 is 11.6 Å². The van der Waals surface area contributed by atoms with E-state index in [1.54, 1.807) is 11.8 Å². The maximum Gasteiger partial charge on any atom is 0.410 e. The summed E-state index contributed by atoms with van der Waals surface area (Å²) in [7, 11) is 0. The Morgan fingerprint density at radius 1 is 1.03 bits per heavy atom. The third-order valence-electron chi connectivity index (χ3n) is 4.61. The Kier molecular flexibility index (Phi) is 9.49. The standard InChI is InChI=1S/C23H34N4O5/c1-5-31-19(28)12-9-13-24-21(29)25-20(18-10-7-6-8-11-18)26-14-16-27(17-15-26)22(30)32-23(2,3)4/h6-8,10-11H,5,9,12-17H2,1-4H3,(H,24,29)/b25-20+. The van der Waals surface area contributed by atoms with E-state index in [1.165, 1.54) is 0 Å². The van der Waals surface area contributed by atoms with Crippen molar-refractivity contribution in [1.29, 1.82) is 0 Å². The van der Waals surface area contributed by atoms with Crippen molar-refractivity contribution in [2.24, 2.45) is 4.99 Å². The van der Waals surface area contributed by atoms with Crippen LogP contribution in [0.1, 0.15) is 46.1 Å². The van der Waals surface area contributed by atoms with E-state index >= 15 is 0 Å². The summed E-state index contributed by atoms with van der Waals surface area (Å²) in [6.07, 6.45) is 0.389. The molecule has 9 heteroatoms. The van der Waals surface area contributed by atoms with Gasteiger partial charge in [0.05, 0.1) is 6.61 Å². The van der Waals surface area contributed by atoms with Crippen LogP contribution in [-0.4, -0.2) is 78.7 Å². The van der Waals surface area contributed by atoms with Crippen molar-refractivity contribution in [1.82, 2.24) is 15.1 Å². The second kappa shape index (κ2) is 12.1. The maximum absolute atomic E-state index is 12.4. The van der Waals surface area contributed by atoms with Crippen LogP contribution in [0.3, 0.4) is 0 Å². The summed E-state index contributed by atoms with van der Waals surface area (Å²) >= 11 is 0. The summed E-state index contributed by atoms with van der Waals surface area (Å²) in [5, 5.41) is 2.73. The van der Waals surface area contributed by atoms with Crippen molar-refractivity contribution < 1.29 is 23.9 Å². The summed E-state index contributed by atoms with van der Waals surface area (Å²) in [4.78, 5) is 44.1. The van der Waals surface area contributed by atoms with E-state index in [0.29, 0.717) is 51.6 Å². The lowest BCUT2D eigenvalue weighted by Crippen LogP contribution is -2.52. The Morgan fingerprint density at radius 2 is 1.66 bits per heavy atom. The van der Waals surface area contributed by atoms with Crippen molar-refractivity contribution in [2.75, 3.05) is 39.3 Å². The van der Waals surface area contributed by atoms with Gasteiger partial charge < -0.3 is 24.6 Å². The number of piperazine rings is 1. The SMILES string of the molecule is CCOC(=O)CCCNC(=O)/N=C(\c1ccccc1)N1CCN(C(=O)OC(C)(C)C)CC1. The van der Waals surface area contributed by atoms with Gasteiger partial charge in [-0.25, -0.2) is 9.59 Å². The van der Waals surface area contributed by atoms with E-state index in [-0.39, 0.29) is 18.5 Å². The Morgan fingerprint density at radius 3 is 2.25 bits per heavy atom. The first-order valence-corrected chi connectivity index (χ1v) is 11.0. The van der Waals surface area contributed by atoms with Gasteiger partial charge in [0.25, 0.3) is 0 Å². The van der Waals surface area contributed by atoms with Crippen LogP contribution in [0.5, 0.6) is 0 Å². The highest BCUT2D eigenvalue weighted by atomic mass is 16.6. The van der Waals surface area contributed by atoms with Crippen LogP contribution in [0.25, 0.3) is 0 Å². The Hall–Kier alpha value is -3.10. The number of carbonyl (C=O) groups excluding carboxylic acids is 3. The third-order valence-corrected chi connectivity index (χ3v) is 4.61. The Labute approximate surface area is 189 Å². The van der Waals surface area contributed by atoms with Gasteiger partial charge in [0, 0.05) is 44.7 Å². The first kappa shape index (κ1) is 25.2. The minimum absolute atomic E-state index is 0.246. The molecule has 1 aromatic rings. The maximum atomic E-state index is 12.4. The molecule has 0 bridgehead atoms. The fraction of sp³-hybridized carbons (Fsp3) is 0.565. The smallest absolute Gasteiger partial charge is 0.410 e. The molecule has 0 atom stereocenters. The van der Waals surface area contributed by atoms with Crippen LogP contribution >= 0.6 is 0 Å². The number of nitrogens with one attached hydrogen (secondary N) is 1. The molecule has 1 aliphatic heterocycles. The Bertz CT molecular complexity index is 796. The minimum atomic E-state index is -0.545. The van der Waals surface area contributed by atoms with Crippen LogP contribution in [0.2, 0.25) is 0 Å². The predicted molar refractivity (Wildman–Crippen MR) is 122 cm³/mol. The van der Waals surface area contributed by atoms with Crippen molar-refractivity contribution in [3.63, 3.8) is 0 Å². The molecule has 0 saturated carbocycles. The lowest BCUT2D eigenvalue weighted by molar-refractivity contribution is -0.143. The molecule has 3 amide bonds. The first-order valence-electron chi connectivity index (χ1n) is 11.0. The lowest BCUT2D eigenvalue weighted by atomic mass is 10.1. The number of rotatable bonds is 6. The topological polar surface area (TPSA) is 101 Å². The van der Waals surface area contributed by atoms with Crippen LogP contribution in [0.4, 0.5) is 9.59 Å². The molecular formula is C23H34N4O5. The molecule has 2 rings (SSSR count). The molecule has 1 saturated heterocycles. The molecule has 1 fully saturated rings. The van der Waals surface area contributed by atoms with Crippen LogP contribution in [0, 0.1) is 0 Å². The minimum Gasteiger partial charge on any atom is -0.466 e. The molecule has 1 N–H and O–H groups in total. The van der Waals surface area contributed by atoms with Gasteiger partial charge in [-0.2, -0.15) is 4.99 Å². The fourth-order valence-corrected chi connectivity index (χ4v) is 3.13. The highest BCUT2D eigenvalue weighted by molar-refractivity contribution is 6.04. The summed E-state index contributed by atoms with van der Waals surface area (Å²) in [5.41, 5.74) is 0.274. The normalized spacial score (nSPS) is 14.7. The van der Waals surface area contributed by atoms with Gasteiger partial charge in [-0.15, -0.1) is 0 Å². The van der Waals surface area contributed by atoms with Crippen molar-refractivity contribution in [3.8, 4) is 0 Å². The first-order chi connectivity index (χ1) is 15.2. The quantitative estimate of drug-likeness (QED) is 0.312. The molecule has 9 nitrogen and oxygen atoms in total. The van der Waals surface area contributed by atoms with E-state index in [1.807, 2.05) is 56.0 Å². The number of benzene rings is 1. The second-order valence-electron chi connectivity index (χ2n) is 8.40. The number of esters is 1. The van der Waals surface area contributed by atoms with Gasteiger partial charge >= 0.3 is 18.1 Å². The van der Waals surface area contributed by atoms with Gasteiger partial charge in [0.2, 0.25) is 0 Å². The molecule has 0 spiro atoms. The molecule has 32 heavy (non-hydrogen) atoms. The summed E-state index contributed by atoms with van der Waals surface area (Å²) in [6.45, 7) is 9.96. The van der Waals surface area contributed by atoms with Gasteiger partial charge in [-0.05, 0) is 34.1 Å². The number of hydrogen-bond acceptors (Lipinski definition) is 5. The van der Waals surface area contributed by atoms with Gasteiger partial charge in [0.1, 0.15) is 11.4 Å². The summed E-state index contributed by atoms with van der Waals surface area (Å²) < 4.78 is 10.3. The van der Waals surface area contributed by atoms with E-state index in [0.717, 1.165) is 5.56 Å². The third kappa shape index (κ3) is 8.56. The Balaban J connectivity index is 1.99. The number of aliphatic imine (C=N–C) groups is 1. The molecule has 0 radical (unpaired) electrons. The van der Waals surface area contributed by atoms with E-state index in [4.69, 9.17) is 9.47 Å². The number of amidine groups is 1. The van der Waals surface area contributed by atoms with Crippen LogP contribution in [0.15, 0.2) is 35.3 Å². The predicted octanol–water partition coefficient (Wildman–Crippen LogP) is 3.04. The molecule has 0 aliphatic carbocycles. The van der Waals surface area contributed by atoms with E-state index in [2.05, 4.69) is 10.3 Å². The van der Waals surface area contributed by atoms with Crippen molar-refractivity contribution in [3.05, 3.63) is 35.9 Å². The number of nitrogens with zero attached hydrogens (tertiary/aromatic N) is 3. The van der Waals surface area contributed by atoms with Gasteiger partial charge in [0.15, 0.2) is 0 Å². The van der Waals surface area contributed by atoms with Crippen molar-refractivity contribution in [2.45, 2.75) is 46.1 Å². The monoisotopic (exact) mass is 446 g/mol. The van der Waals surface area contributed by atoms with Gasteiger partial charge in [-0.1, -0.05) is 30.3 Å². The van der Waals surface area contributed by atoms with Gasteiger partial charge in [-0.3, -0.25) is 4.79 Å². The fourth-order valence-electron chi connectivity index (χ4n) is 3.13. The average molecular weight is 447 g/mol. The number of amides is 3. The largest absolute Gasteiger partial charge is 0.466 e. The van der Waals surface area contributed by atoms with E-state index in [9.17, 15) is 14.4 Å². The molecule has 1 aliphatic rings. The van der Waals surface area contributed by atoms with Crippen LogP contribution < -0.4 is 5.32 Å². The summed E-state index contributed by atoms with van der Waals surface area (Å²) in [5.74, 6) is 0.274. The highest BCUT2D eigenvalue weighted by Crippen LogP contribution is 2.14. The molecule has 1 aromatic carbocycles. The molecule has 0 unspecified atom stereocenters. The molecule has 1 heterocycles. The number of hydrogen-bond donors (Lipinski definition) is 1.